The Morgan fingerprint density at radius 1 is 1.35 bits per heavy atom. The van der Waals surface area contributed by atoms with Crippen molar-refractivity contribution in [1.29, 1.82) is 0 Å². The van der Waals surface area contributed by atoms with Crippen molar-refractivity contribution >= 4 is 17.5 Å². The first-order chi connectivity index (χ1) is 11.2. The lowest BCUT2D eigenvalue weighted by Gasteiger charge is -2.17. The van der Waals surface area contributed by atoms with E-state index in [2.05, 4.69) is 20.5 Å². The van der Waals surface area contributed by atoms with E-state index in [1.807, 2.05) is 31.2 Å². The number of pyridine rings is 1. The highest BCUT2D eigenvalue weighted by atomic mass is 16.3. The first-order valence-corrected chi connectivity index (χ1v) is 8.01. The molecule has 0 radical (unpaired) electrons. The van der Waals surface area contributed by atoms with Crippen molar-refractivity contribution in [1.82, 2.24) is 10.3 Å². The molecule has 3 rings (SSSR count). The number of aromatic nitrogens is 1. The first-order valence-electron chi connectivity index (χ1n) is 8.01. The van der Waals surface area contributed by atoms with Gasteiger partial charge in [-0.3, -0.25) is 0 Å². The lowest BCUT2D eigenvalue weighted by atomic mass is 10.2. The molecule has 0 unspecified atom stereocenters. The maximum atomic E-state index is 12.0. The fourth-order valence-electron chi connectivity index (χ4n) is 2.77. The summed E-state index contributed by atoms with van der Waals surface area (Å²) in [4.78, 5) is 18.7. The van der Waals surface area contributed by atoms with E-state index < -0.39 is 0 Å². The fraction of sp³-hybridized carbons (Fsp3) is 0.412. The summed E-state index contributed by atoms with van der Waals surface area (Å²) in [5.41, 5.74) is 0.690. The summed E-state index contributed by atoms with van der Waals surface area (Å²) < 4.78 is 5.28. The maximum Gasteiger partial charge on any atom is 0.319 e. The lowest BCUT2D eigenvalue weighted by Crippen LogP contribution is -2.37. The van der Waals surface area contributed by atoms with Crippen molar-refractivity contribution < 1.29 is 9.21 Å². The smallest absolute Gasteiger partial charge is 0.319 e. The van der Waals surface area contributed by atoms with Crippen molar-refractivity contribution in [3.8, 4) is 0 Å². The Hall–Kier alpha value is -2.50. The number of carbonyl (C=O) groups is 1. The van der Waals surface area contributed by atoms with Crippen molar-refractivity contribution in [3.05, 3.63) is 42.5 Å². The minimum absolute atomic E-state index is 0.0158. The predicted molar refractivity (Wildman–Crippen MR) is 89.7 cm³/mol. The first kappa shape index (κ1) is 15.4. The second-order valence-corrected chi connectivity index (χ2v) is 5.88. The van der Waals surface area contributed by atoms with Gasteiger partial charge in [0.25, 0.3) is 0 Å². The molecule has 2 aromatic rings. The molecule has 0 aromatic carbocycles. The van der Waals surface area contributed by atoms with Crippen LogP contribution in [0.5, 0.6) is 0 Å². The Bertz CT molecular complexity index is 619. The molecule has 1 saturated heterocycles. The number of furan rings is 1. The monoisotopic (exact) mass is 314 g/mol. The van der Waals surface area contributed by atoms with Crippen LogP contribution in [0.1, 0.15) is 25.5 Å². The zero-order valence-electron chi connectivity index (χ0n) is 13.3. The molecule has 0 spiro atoms. The van der Waals surface area contributed by atoms with Gasteiger partial charge in [0.15, 0.2) is 0 Å². The van der Waals surface area contributed by atoms with Gasteiger partial charge in [0.1, 0.15) is 11.6 Å². The summed E-state index contributed by atoms with van der Waals surface area (Å²) in [6.07, 6.45) is 6.43. The predicted octanol–water partition coefficient (Wildman–Crippen LogP) is 3.03. The van der Waals surface area contributed by atoms with Crippen LogP contribution in [0, 0.1) is 0 Å². The number of hydrogen-bond donors (Lipinski definition) is 2. The number of hydrogen-bond acceptors (Lipinski definition) is 4. The van der Waals surface area contributed by atoms with Gasteiger partial charge < -0.3 is 20.0 Å². The van der Waals surface area contributed by atoms with Gasteiger partial charge in [0, 0.05) is 25.6 Å². The van der Waals surface area contributed by atoms with E-state index in [-0.39, 0.29) is 12.1 Å². The third-order valence-corrected chi connectivity index (χ3v) is 3.90. The molecule has 0 aliphatic carbocycles. The Kier molecular flexibility index (Phi) is 4.80. The zero-order valence-corrected chi connectivity index (χ0v) is 13.3. The molecule has 1 fully saturated rings. The van der Waals surface area contributed by atoms with E-state index in [1.165, 1.54) is 12.8 Å². The van der Waals surface area contributed by atoms with Crippen LogP contribution in [-0.4, -0.2) is 30.1 Å². The largest absolute Gasteiger partial charge is 0.469 e. The Morgan fingerprint density at radius 3 is 2.83 bits per heavy atom. The van der Waals surface area contributed by atoms with Gasteiger partial charge in [-0.2, -0.15) is 0 Å². The van der Waals surface area contributed by atoms with E-state index in [0.717, 1.165) is 24.7 Å². The van der Waals surface area contributed by atoms with E-state index in [9.17, 15) is 4.79 Å². The van der Waals surface area contributed by atoms with E-state index in [4.69, 9.17) is 4.42 Å². The molecule has 1 atom stereocenters. The summed E-state index contributed by atoms with van der Waals surface area (Å²) in [5, 5.41) is 5.70. The number of nitrogens with zero attached hydrogens (tertiary/aromatic N) is 2. The number of rotatable bonds is 5. The SMILES string of the molecule is C[C@@H](Cc1ccco1)NC(=O)Nc1ccc(N2CCCC2)nc1. The summed E-state index contributed by atoms with van der Waals surface area (Å²) in [5.74, 6) is 1.83. The highest BCUT2D eigenvalue weighted by molar-refractivity contribution is 5.89. The van der Waals surface area contributed by atoms with Gasteiger partial charge in [-0.05, 0) is 44.0 Å². The molecule has 1 aliphatic heterocycles. The van der Waals surface area contributed by atoms with E-state index >= 15 is 0 Å². The summed E-state index contributed by atoms with van der Waals surface area (Å²) >= 11 is 0. The van der Waals surface area contributed by atoms with Crippen molar-refractivity contribution in [3.63, 3.8) is 0 Å². The van der Waals surface area contributed by atoms with Crippen LogP contribution in [0.15, 0.2) is 41.1 Å². The van der Waals surface area contributed by atoms with Gasteiger partial charge in [0.2, 0.25) is 0 Å². The Balaban J connectivity index is 1.49. The molecule has 2 amide bonds. The minimum Gasteiger partial charge on any atom is -0.469 e. The van der Waals surface area contributed by atoms with Crippen LogP contribution in [0.25, 0.3) is 0 Å². The minimum atomic E-state index is -0.236. The molecule has 0 saturated carbocycles. The lowest BCUT2D eigenvalue weighted by molar-refractivity contribution is 0.248. The van der Waals surface area contributed by atoms with Gasteiger partial charge in [-0.15, -0.1) is 0 Å². The molecule has 23 heavy (non-hydrogen) atoms. The van der Waals surface area contributed by atoms with Crippen LogP contribution in [0.2, 0.25) is 0 Å². The average Bonchev–Trinajstić information content (AvgIpc) is 3.20. The molecule has 6 heteroatoms. The third kappa shape index (κ3) is 4.25. The molecule has 6 nitrogen and oxygen atoms in total. The molecule has 0 bridgehead atoms. The third-order valence-electron chi connectivity index (χ3n) is 3.90. The molecular weight excluding hydrogens is 292 g/mol. The van der Waals surface area contributed by atoms with Gasteiger partial charge in [-0.25, -0.2) is 9.78 Å². The summed E-state index contributed by atoms with van der Waals surface area (Å²) in [6.45, 7) is 4.06. The second-order valence-electron chi connectivity index (χ2n) is 5.88. The number of anilines is 2. The molecule has 1 aliphatic rings. The number of urea groups is 1. The fourth-order valence-corrected chi connectivity index (χ4v) is 2.77. The zero-order chi connectivity index (χ0) is 16.1. The number of nitrogens with one attached hydrogen (secondary N) is 2. The van der Waals surface area contributed by atoms with Crippen LogP contribution in [0.3, 0.4) is 0 Å². The van der Waals surface area contributed by atoms with Crippen molar-refractivity contribution in [2.45, 2.75) is 32.2 Å². The highest BCUT2D eigenvalue weighted by Crippen LogP contribution is 2.19. The maximum absolute atomic E-state index is 12.0. The normalized spacial score (nSPS) is 15.4. The van der Waals surface area contributed by atoms with Crippen molar-refractivity contribution in [2.24, 2.45) is 0 Å². The second kappa shape index (κ2) is 7.17. The van der Waals surface area contributed by atoms with Gasteiger partial charge in [-0.1, -0.05) is 0 Å². The average molecular weight is 314 g/mol. The molecule has 2 N–H and O–H groups in total. The quantitative estimate of drug-likeness (QED) is 0.890. The summed E-state index contributed by atoms with van der Waals surface area (Å²) in [7, 11) is 0. The standard InChI is InChI=1S/C17H22N4O2/c1-13(11-15-5-4-10-23-15)19-17(22)20-14-6-7-16(18-12-14)21-8-2-3-9-21/h4-7,10,12-13H,2-3,8-9,11H2,1H3,(H2,19,20,22)/t13-/m0/s1. The van der Waals surface area contributed by atoms with Gasteiger partial charge in [0.05, 0.1) is 18.1 Å². The van der Waals surface area contributed by atoms with E-state index in [1.54, 1.807) is 12.5 Å². The molecular formula is C17H22N4O2. The Morgan fingerprint density at radius 2 is 2.17 bits per heavy atom. The molecule has 2 aromatic heterocycles. The molecule has 3 heterocycles. The van der Waals surface area contributed by atoms with Crippen LogP contribution >= 0.6 is 0 Å². The van der Waals surface area contributed by atoms with Gasteiger partial charge >= 0.3 is 6.03 Å². The van der Waals surface area contributed by atoms with E-state index in [0.29, 0.717) is 12.1 Å². The van der Waals surface area contributed by atoms with Crippen LogP contribution in [-0.2, 0) is 6.42 Å². The topological polar surface area (TPSA) is 70.4 Å². The van der Waals surface area contributed by atoms with Crippen LogP contribution in [0.4, 0.5) is 16.3 Å². The summed E-state index contributed by atoms with van der Waals surface area (Å²) in [6, 6.07) is 7.33. The Labute approximate surface area is 135 Å². The molecule has 122 valence electrons. The highest BCUT2D eigenvalue weighted by Gasteiger charge is 2.14. The number of amides is 2. The number of carbonyl (C=O) groups excluding carboxylic acids is 1. The van der Waals surface area contributed by atoms with Crippen LogP contribution < -0.4 is 15.5 Å². The van der Waals surface area contributed by atoms with Crippen molar-refractivity contribution in [2.75, 3.05) is 23.3 Å².